The van der Waals surface area contributed by atoms with Crippen molar-refractivity contribution in [3.05, 3.63) is 56.3 Å². The fourth-order valence-electron chi connectivity index (χ4n) is 1.51. The molecule has 0 saturated heterocycles. The summed E-state index contributed by atoms with van der Waals surface area (Å²) in [7, 11) is 1.70. The molecule has 8 nitrogen and oxygen atoms in total. The summed E-state index contributed by atoms with van der Waals surface area (Å²) in [5, 5.41) is 18.3. The number of hydrogen-bond donors (Lipinski definition) is 1. The number of benzene rings is 1. The Labute approximate surface area is 127 Å². The maximum Gasteiger partial charge on any atom is 0.293 e. The Bertz CT molecular complexity index is 708. The van der Waals surface area contributed by atoms with E-state index in [9.17, 15) is 14.9 Å². The van der Waals surface area contributed by atoms with Gasteiger partial charge in [0, 0.05) is 25.4 Å². The number of hydrogen-bond acceptors (Lipinski definition) is 5. The molecular weight excluding hydrogens is 342 g/mol. The minimum atomic E-state index is -0.485. The third kappa shape index (κ3) is 3.72. The lowest BCUT2D eigenvalue weighted by Gasteiger charge is -1.96. The van der Waals surface area contributed by atoms with E-state index in [0.717, 1.165) is 0 Å². The van der Waals surface area contributed by atoms with Crippen LogP contribution in [0.2, 0.25) is 0 Å². The number of nitrogens with zero attached hydrogens (tertiary/aromatic N) is 4. The van der Waals surface area contributed by atoms with Crippen LogP contribution in [0.5, 0.6) is 0 Å². The molecule has 1 heterocycles. The second-order valence-corrected chi connectivity index (χ2v) is 4.90. The molecule has 9 heteroatoms. The van der Waals surface area contributed by atoms with Crippen LogP contribution in [-0.2, 0) is 7.05 Å². The molecule has 0 saturated carbocycles. The smallest absolute Gasteiger partial charge is 0.274 e. The molecule has 1 amide bonds. The van der Waals surface area contributed by atoms with Crippen LogP contribution in [-0.4, -0.2) is 26.8 Å². The lowest BCUT2D eigenvalue weighted by Crippen LogP contribution is -2.18. The van der Waals surface area contributed by atoms with Gasteiger partial charge in [-0.15, -0.1) is 0 Å². The Morgan fingerprint density at radius 1 is 1.48 bits per heavy atom. The number of carbonyl (C=O) groups excluding carboxylic acids is 1. The minimum Gasteiger partial charge on any atom is -0.274 e. The molecule has 0 radical (unpaired) electrons. The Morgan fingerprint density at radius 3 is 2.67 bits per heavy atom. The Hall–Kier alpha value is -2.55. The number of nitro benzene ring substituents is 1. The molecule has 0 bridgehead atoms. The van der Waals surface area contributed by atoms with E-state index in [1.807, 2.05) is 0 Å². The number of hydrazone groups is 1. The summed E-state index contributed by atoms with van der Waals surface area (Å²) >= 11 is 3.22. The van der Waals surface area contributed by atoms with Gasteiger partial charge in [0.15, 0.2) is 5.69 Å². The standard InChI is InChI=1S/C12H10BrN5O3/c1-17-7-10(13)11(16-17)12(19)15-14-6-8-2-4-9(5-3-8)18(20)21/h2-7H,1H3,(H,15,19)/b14-6-. The number of non-ortho nitro benzene ring substituents is 1. The van der Waals surface area contributed by atoms with Crippen LogP contribution < -0.4 is 5.43 Å². The quantitative estimate of drug-likeness (QED) is 0.515. The van der Waals surface area contributed by atoms with Gasteiger partial charge in [0.2, 0.25) is 0 Å². The van der Waals surface area contributed by atoms with Crippen LogP contribution in [0.4, 0.5) is 5.69 Å². The molecule has 108 valence electrons. The van der Waals surface area contributed by atoms with E-state index in [1.165, 1.54) is 35.2 Å². The summed E-state index contributed by atoms with van der Waals surface area (Å²) in [4.78, 5) is 21.8. The highest BCUT2D eigenvalue weighted by Gasteiger charge is 2.13. The number of rotatable bonds is 4. The number of nitrogens with one attached hydrogen (secondary N) is 1. The number of aryl methyl sites for hydroxylation is 1. The molecule has 0 atom stereocenters. The van der Waals surface area contributed by atoms with Gasteiger partial charge in [-0.2, -0.15) is 10.2 Å². The monoisotopic (exact) mass is 351 g/mol. The second kappa shape index (κ2) is 6.27. The van der Waals surface area contributed by atoms with Crippen LogP contribution in [0.25, 0.3) is 0 Å². The topological polar surface area (TPSA) is 102 Å². The maximum absolute atomic E-state index is 11.8. The average Bonchev–Trinajstić information content (AvgIpc) is 2.78. The summed E-state index contributed by atoms with van der Waals surface area (Å²) in [5.74, 6) is -0.458. The van der Waals surface area contributed by atoms with Crippen molar-refractivity contribution in [1.29, 1.82) is 0 Å². The number of carbonyl (C=O) groups is 1. The number of halogens is 1. The van der Waals surface area contributed by atoms with Crippen LogP contribution in [0.15, 0.2) is 40.0 Å². The molecule has 2 rings (SSSR count). The van der Waals surface area contributed by atoms with E-state index in [4.69, 9.17) is 0 Å². The van der Waals surface area contributed by atoms with Gasteiger partial charge in [0.05, 0.1) is 15.6 Å². The van der Waals surface area contributed by atoms with E-state index >= 15 is 0 Å². The van der Waals surface area contributed by atoms with Crippen molar-refractivity contribution in [2.45, 2.75) is 0 Å². The summed E-state index contributed by atoms with van der Waals surface area (Å²) < 4.78 is 2.06. The van der Waals surface area contributed by atoms with Gasteiger partial charge < -0.3 is 0 Å². The van der Waals surface area contributed by atoms with Crippen molar-refractivity contribution in [2.75, 3.05) is 0 Å². The molecule has 21 heavy (non-hydrogen) atoms. The predicted molar refractivity (Wildman–Crippen MR) is 79.1 cm³/mol. The first-order valence-corrected chi connectivity index (χ1v) is 6.53. The minimum absolute atomic E-state index is 0.00592. The third-order valence-corrected chi connectivity index (χ3v) is 3.06. The van der Waals surface area contributed by atoms with Crippen molar-refractivity contribution in [1.82, 2.24) is 15.2 Å². The van der Waals surface area contributed by atoms with Gasteiger partial charge in [0.1, 0.15) is 0 Å². The molecule has 0 aliphatic carbocycles. The molecule has 0 unspecified atom stereocenters. The van der Waals surface area contributed by atoms with E-state index in [-0.39, 0.29) is 11.4 Å². The van der Waals surface area contributed by atoms with Crippen molar-refractivity contribution in [3.8, 4) is 0 Å². The highest BCUT2D eigenvalue weighted by atomic mass is 79.9. The first-order valence-electron chi connectivity index (χ1n) is 5.74. The molecule has 2 aromatic rings. The molecule has 0 aliphatic heterocycles. The normalized spacial score (nSPS) is 10.8. The van der Waals surface area contributed by atoms with E-state index in [0.29, 0.717) is 10.0 Å². The van der Waals surface area contributed by atoms with Crippen molar-refractivity contribution < 1.29 is 9.72 Å². The predicted octanol–water partition coefficient (Wildman–Crippen LogP) is 1.85. The number of aromatic nitrogens is 2. The van der Waals surface area contributed by atoms with Crippen LogP contribution >= 0.6 is 15.9 Å². The van der Waals surface area contributed by atoms with Gasteiger partial charge >= 0.3 is 0 Å². The zero-order valence-electron chi connectivity index (χ0n) is 10.9. The SMILES string of the molecule is Cn1cc(Br)c(C(=O)N/N=C\c2ccc([N+](=O)[O-])cc2)n1. The van der Waals surface area contributed by atoms with Crippen LogP contribution in [0.3, 0.4) is 0 Å². The first-order chi connectivity index (χ1) is 9.97. The largest absolute Gasteiger partial charge is 0.293 e. The molecule has 1 N–H and O–H groups in total. The van der Waals surface area contributed by atoms with Gasteiger partial charge in [0.25, 0.3) is 11.6 Å². The first kappa shape index (κ1) is 14.9. The molecule has 0 spiro atoms. The van der Waals surface area contributed by atoms with E-state index in [2.05, 4.69) is 31.6 Å². The van der Waals surface area contributed by atoms with Crippen molar-refractivity contribution in [2.24, 2.45) is 12.1 Å². The van der Waals surface area contributed by atoms with E-state index < -0.39 is 10.8 Å². The zero-order chi connectivity index (χ0) is 15.4. The Morgan fingerprint density at radius 2 is 2.14 bits per heavy atom. The van der Waals surface area contributed by atoms with Crippen molar-refractivity contribution in [3.63, 3.8) is 0 Å². The maximum atomic E-state index is 11.8. The lowest BCUT2D eigenvalue weighted by atomic mass is 10.2. The van der Waals surface area contributed by atoms with Gasteiger partial charge in [-0.1, -0.05) is 0 Å². The second-order valence-electron chi connectivity index (χ2n) is 4.05. The number of nitro groups is 1. The lowest BCUT2D eigenvalue weighted by molar-refractivity contribution is -0.384. The van der Waals surface area contributed by atoms with Gasteiger partial charge in [-0.25, -0.2) is 5.43 Å². The Kier molecular flexibility index (Phi) is 4.43. The van der Waals surface area contributed by atoms with Gasteiger partial charge in [-0.3, -0.25) is 19.6 Å². The number of amides is 1. The third-order valence-electron chi connectivity index (χ3n) is 2.48. The van der Waals surface area contributed by atoms with Crippen LogP contribution in [0, 0.1) is 10.1 Å². The van der Waals surface area contributed by atoms with Gasteiger partial charge in [-0.05, 0) is 33.6 Å². The fourth-order valence-corrected chi connectivity index (χ4v) is 2.07. The highest BCUT2D eigenvalue weighted by molar-refractivity contribution is 9.10. The molecule has 1 aromatic heterocycles. The summed E-state index contributed by atoms with van der Waals surface area (Å²) in [6.07, 6.45) is 3.04. The summed E-state index contributed by atoms with van der Waals surface area (Å²) in [6, 6.07) is 5.78. The summed E-state index contributed by atoms with van der Waals surface area (Å²) in [5.41, 5.74) is 3.17. The fraction of sp³-hybridized carbons (Fsp3) is 0.0833. The zero-order valence-corrected chi connectivity index (χ0v) is 12.4. The van der Waals surface area contributed by atoms with E-state index in [1.54, 1.807) is 13.2 Å². The molecular formula is C12H10BrN5O3. The average molecular weight is 352 g/mol. The Balaban J connectivity index is 2.00. The van der Waals surface area contributed by atoms with Crippen LogP contribution in [0.1, 0.15) is 16.1 Å². The molecule has 0 aliphatic rings. The molecule has 1 aromatic carbocycles. The molecule has 0 fully saturated rings. The summed E-state index contributed by atoms with van der Waals surface area (Å²) in [6.45, 7) is 0. The van der Waals surface area contributed by atoms with Crippen molar-refractivity contribution >= 4 is 33.7 Å². The highest BCUT2D eigenvalue weighted by Crippen LogP contribution is 2.14.